The Hall–Kier alpha value is -3.35. The fourth-order valence-corrected chi connectivity index (χ4v) is 4.14. The number of alkyl carbamates (subject to hydrolysis) is 1. The summed E-state index contributed by atoms with van der Waals surface area (Å²) in [6, 6.07) is 14.4. The molecule has 29 heavy (non-hydrogen) atoms. The minimum atomic E-state index is -1.07. The lowest BCUT2D eigenvalue weighted by Crippen LogP contribution is -2.46. The molecule has 1 saturated heterocycles. The van der Waals surface area contributed by atoms with Gasteiger partial charge in [0.25, 0.3) is 0 Å². The number of hydrogen-bond acceptors (Lipinski definition) is 4. The Labute approximate surface area is 168 Å². The van der Waals surface area contributed by atoms with Gasteiger partial charge >= 0.3 is 12.1 Å². The van der Waals surface area contributed by atoms with Crippen LogP contribution in [-0.4, -0.2) is 53.2 Å². The average Bonchev–Trinajstić information content (AvgIpc) is 3.24. The van der Waals surface area contributed by atoms with Crippen LogP contribution in [0.25, 0.3) is 11.1 Å². The maximum atomic E-state index is 12.4. The van der Waals surface area contributed by atoms with Gasteiger partial charge in [-0.1, -0.05) is 48.5 Å². The number of hydrogen-bond donors (Lipinski definition) is 2. The van der Waals surface area contributed by atoms with Gasteiger partial charge in [-0.3, -0.25) is 4.79 Å². The van der Waals surface area contributed by atoms with Crippen LogP contribution < -0.4 is 5.32 Å². The molecule has 0 radical (unpaired) electrons. The molecular formula is C22H22N2O5. The van der Waals surface area contributed by atoms with Gasteiger partial charge in [-0.25, -0.2) is 9.59 Å². The zero-order chi connectivity index (χ0) is 20.5. The van der Waals surface area contributed by atoms with Crippen molar-refractivity contribution in [3.8, 4) is 11.1 Å². The number of nitrogens with zero attached hydrogens (tertiary/aromatic N) is 1. The zero-order valence-electron chi connectivity index (χ0n) is 16.0. The van der Waals surface area contributed by atoms with Gasteiger partial charge in [-0.15, -0.1) is 0 Å². The normalized spacial score (nSPS) is 18.9. The predicted octanol–water partition coefficient (Wildman–Crippen LogP) is 2.60. The highest BCUT2D eigenvalue weighted by molar-refractivity contribution is 5.90. The van der Waals surface area contributed by atoms with Crippen molar-refractivity contribution in [3.05, 3.63) is 59.7 Å². The fourth-order valence-electron chi connectivity index (χ4n) is 4.14. The van der Waals surface area contributed by atoms with Crippen molar-refractivity contribution in [3.63, 3.8) is 0 Å². The van der Waals surface area contributed by atoms with Crippen LogP contribution in [0.15, 0.2) is 48.5 Å². The summed E-state index contributed by atoms with van der Waals surface area (Å²) in [5, 5.41) is 11.7. The average molecular weight is 394 g/mol. The molecule has 1 unspecified atom stereocenters. The second kappa shape index (κ2) is 7.58. The second-order valence-corrected chi connectivity index (χ2v) is 7.36. The van der Waals surface area contributed by atoms with Gasteiger partial charge < -0.3 is 20.1 Å². The first-order chi connectivity index (χ1) is 14.0. The molecule has 1 aliphatic heterocycles. The van der Waals surface area contributed by atoms with Crippen LogP contribution in [0.3, 0.4) is 0 Å². The van der Waals surface area contributed by atoms with E-state index < -0.39 is 30.1 Å². The molecule has 0 spiro atoms. The number of carbonyl (C=O) groups excluding carboxylic acids is 2. The number of carboxylic acid groups (broad SMARTS) is 1. The number of rotatable bonds is 5. The minimum absolute atomic E-state index is 0.0593. The largest absolute Gasteiger partial charge is 0.480 e. The number of likely N-dealkylation sites (tertiary alicyclic amines) is 1. The summed E-state index contributed by atoms with van der Waals surface area (Å²) in [5.74, 6) is -1.52. The van der Waals surface area contributed by atoms with Crippen LogP contribution in [-0.2, 0) is 14.3 Å². The van der Waals surface area contributed by atoms with Gasteiger partial charge in [0, 0.05) is 12.5 Å². The van der Waals surface area contributed by atoms with E-state index in [4.69, 9.17) is 9.84 Å². The molecule has 0 bridgehead atoms. The van der Waals surface area contributed by atoms with Crippen molar-refractivity contribution in [1.82, 2.24) is 10.2 Å². The lowest BCUT2D eigenvalue weighted by atomic mass is 9.98. The number of aliphatic carboxylic acids is 1. The maximum Gasteiger partial charge on any atom is 0.407 e. The third-order valence-corrected chi connectivity index (χ3v) is 5.70. The van der Waals surface area contributed by atoms with Gasteiger partial charge in [-0.2, -0.15) is 0 Å². The van der Waals surface area contributed by atoms with Crippen molar-refractivity contribution in [2.75, 3.05) is 13.2 Å². The molecule has 0 aromatic heterocycles. The smallest absolute Gasteiger partial charge is 0.407 e. The molecule has 4 rings (SSSR count). The summed E-state index contributed by atoms with van der Waals surface area (Å²) < 4.78 is 5.46. The Morgan fingerprint density at radius 3 is 2.31 bits per heavy atom. The van der Waals surface area contributed by atoms with E-state index in [9.17, 15) is 14.4 Å². The zero-order valence-corrected chi connectivity index (χ0v) is 16.0. The molecule has 2 N–H and O–H groups in total. The maximum absolute atomic E-state index is 12.4. The van der Waals surface area contributed by atoms with Gasteiger partial charge in [0.15, 0.2) is 0 Å². The minimum Gasteiger partial charge on any atom is -0.480 e. The molecule has 1 aliphatic carbocycles. The molecule has 150 valence electrons. The summed E-state index contributed by atoms with van der Waals surface area (Å²) in [5.41, 5.74) is 4.50. The van der Waals surface area contributed by atoms with Gasteiger partial charge in [0.05, 0.1) is 0 Å². The highest BCUT2D eigenvalue weighted by Crippen LogP contribution is 2.44. The second-order valence-electron chi connectivity index (χ2n) is 7.36. The lowest BCUT2D eigenvalue weighted by Gasteiger charge is -2.21. The number of fused-ring (bicyclic) bond motifs is 3. The van der Waals surface area contributed by atoms with Crippen LogP contribution in [0.2, 0.25) is 0 Å². The molecule has 2 aliphatic rings. The van der Waals surface area contributed by atoms with E-state index in [1.165, 1.54) is 11.8 Å². The quantitative estimate of drug-likeness (QED) is 0.813. The van der Waals surface area contributed by atoms with E-state index in [2.05, 4.69) is 17.4 Å². The van der Waals surface area contributed by atoms with Crippen molar-refractivity contribution in [2.45, 2.75) is 31.3 Å². The van der Waals surface area contributed by atoms with Gasteiger partial charge in [0.2, 0.25) is 5.91 Å². The van der Waals surface area contributed by atoms with Crippen LogP contribution in [0.1, 0.15) is 30.4 Å². The molecule has 2 atom stereocenters. The first-order valence-electron chi connectivity index (χ1n) is 9.62. The Morgan fingerprint density at radius 2 is 1.72 bits per heavy atom. The van der Waals surface area contributed by atoms with E-state index in [1.54, 1.807) is 0 Å². The molecule has 1 fully saturated rings. The van der Waals surface area contributed by atoms with E-state index in [1.807, 2.05) is 36.4 Å². The summed E-state index contributed by atoms with van der Waals surface area (Å²) in [6.45, 7) is 1.91. The summed E-state index contributed by atoms with van der Waals surface area (Å²) >= 11 is 0. The number of nitrogens with one attached hydrogen (secondary N) is 1. The molecule has 2 amide bonds. The van der Waals surface area contributed by atoms with Crippen LogP contribution >= 0.6 is 0 Å². The number of carbonyl (C=O) groups is 3. The summed E-state index contributed by atoms with van der Waals surface area (Å²) in [4.78, 5) is 37.0. The Kier molecular flexibility index (Phi) is 4.96. The third kappa shape index (κ3) is 3.44. The number of ether oxygens (including phenoxy) is 1. The van der Waals surface area contributed by atoms with Crippen molar-refractivity contribution in [1.29, 1.82) is 0 Å². The van der Waals surface area contributed by atoms with Crippen molar-refractivity contribution < 1.29 is 24.2 Å². The number of amides is 2. The highest BCUT2D eigenvalue weighted by Gasteiger charge is 2.38. The Balaban J connectivity index is 1.40. The number of benzene rings is 2. The van der Waals surface area contributed by atoms with Gasteiger partial charge in [0.1, 0.15) is 18.7 Å². The van der Waals surface area contributed by atoms with E-state index >= 15 is 0 Å². The van der Waals surface area contributed by atoms with Crippen LogP contribution in [0.4, 0.5) is 4.79 Å². The molecule has 0 saturated carbocycles. The Bertz CT molecular complexity index is 928. The monoisotopic (exact) mass is 394 g/mol. The molecule has 7 heteroatoms. The van der Waals surface area contributed by atoms with E-state index in [0.717, 1.165) is 22.3 Å². The molecule has 2 aromatic rings. The molecule has 7 nitrogen and oxygen atoms in total. The first kappa shape index (κ1) is 19.0. The van der Waals surface area contributed by atoms with Crippen molar-refractivity contribution in [2.24, 2.45) is 0 Å². The third-order valence-electron chi connectivity index (χ3n) is 5.70. The topological polar surface area (TPSA) is 95.9 Å². The van der Waals surface area contributed by atoms with Gasteiger partial charge in [-0.05, 0) is 35.6 Å². The lowest BCUT2D eigenvalue weighted by molar-refractivity contribution is -0.147. The molecule has 1 heterocycles. The van der Waals surface area contributed by atoms with Crippen LogP contribution in [0.5, 0.6) is 0 Å². The van der Waals surface area contributed by atoms with Crippen molar-refractivity contribution >= 4 is 18.0 Å². The standard InChI is InChI=1S/C22H22N2O5/c1-13(21(26)27)24-11-10-19(20(24)25)23-22(28)29-12-18-16-8-4-2-6-14(16)15-7-3-5-9-17(15)18/h2-9,13,18-19H,10-12H2,1H3,(H,23,28)(H,26,27)/t13-,19?/m0/s1. The fraction of sp³-hybridized carbons (Fsp3) is 0.318. The molecule has 2 aromatic carbocycles. The summed E-state index contributed by atoms with van der Waals surface area (Å²) in [6.07, 6.45) is -0.310. The van der Waals surface area contributed by atoms with E-state index in [-0.39, 0.29) is 12.5 Å². The first-order valence-corrected chi connectivity index (χ1v) is 9.62. The number of carboxylic acids is 1. The molecular weight excluding hydrogens is 372 g/mol. The SMILES string of the molecule is C[C@@H](C(=O)O)N1CCC(NC(=O)OCC2c3ccccc3-c3ccccc32)C1=O. The Morgan fingerprint density at radius 1 is 1.14 bits per heavy atom. The highest BCUT2D eigenvalue weighted by atomic mass is 16.5. The predicted molar refractivity (Wildman–Crippen MR) is 105 cm³/mol. The van der Waals surface area contributed by atoms with E-state index in [0.29, 0.717) is 13.0 Å². The summed E-state index contributed by atoms with van der Waals surface area (Å²) in [7, 11) is 0. The van der Waals surface area contributed by atoms with Crippen LogP contribution in [0, 0.1) is 0 Å².